The van der Waals surface area contributed by atoms with Crippen molar-refractivity contribution in [2.45, 2.75) is 72.1 Å². The van der Waals surface area contributed by atoms with Crippen molar-refractivity contribution in [1.82, 2.24) is 0 Å². The SMILES string of the molecule is CCCCC/C=C\CC(C)\C=C/C=C\C=C\C(C)C/C=C\CCC(=O)O. The van der Waals surface area contributed by atoms with Gasteiger partial charge in [-0.05, 0) is 43.9 Å². The van der Waals surface area contributed by atoms with Crippen molar-refractivity contribution in [1.29, 1.82) is 0 Å². The van der Waals surface area contributed by atoms with Gasteiger partial charge in [-0.1, -0.05) is 94.4 Å². The Kier molecular flexibility index (Phi) is 16.7. The van der Waals surface area contributed by atoms with Gasteiger partial charge in [0.25, 0.3) is 0 Å². The van der Waals surface area contributed by atoms with Crippen molar-refractivity contribution >= 4 is 5.97 Å². The van der Waals surface area contributed by atoms with Gasteiger partial charge >= 0.3 is 5.97 Å². The highest BCUT2D eigenvalue weighted by molar-refractivity contribution is 5.66. The van der Waals surface area contributed by atoms with E-state index in [9.17, 15) is 4.79 Å². The van der Waals surface area contributed by atoms with Crippen LogP contribution in [-0.2, 0) is 4.79 Å². The van der Waals surface area contributed by atoms with Crippen LogP contribution in [0.3, 0.4) is 0 Å². The summed E-state index contributed by atoms with van der Waals surface area (Å²) in [6, 6.07) is 0. The third-order valence-electron chi connectivity index (χ3n) is 4.06. The lowest BCUT2D eigenvalue weighted by Crippen LogP contribution is -1.92. The lowest BCUT2D eigenvalue weighted by molar-refractivity contribution is -0.136. The standard InChI is InChI=1S/C24H38O2/c1-4-5-6-7-8-12-17-22(2)18-13-9-10-14-19-23(3)20-15-11-16-21-24(25)26/h8-15,18-19,22-23H,4-7,16-17,20-21H2,1-3H3,(H,25,26)/b10-9-,12-8-,15-11-,18-13-,19-14+. The zero-order valence-corrected chi connectivity index (χ0v) is 16.9. The third-order valence-corrected chi connectivity index (χ3v) is 4.06. The molecule has 2 unspecified atom stereocenters. The Morgan fingerprint density at radius 1 is 0.808 bits per heavy atom. The van der Waals surface area contributed by atoms with E-state index in [1.807, 2.05) is 6.08 Å². The Labute approximate surface area is 161 Å². The molecule has 0 aromatic heterocycles. The van der Waals surface area contributed by atoms with E-state index in [0.717, 1.165) is 12.8 Å². The number of allylic oxidation sites excluding steroid dienone is 10. The van der Waals surface area contributed by atoms with Gasteiger partial charge in [0.1, 0.15) is 0 Å². The fraction of sp³-hybridized carbons (Fsp3) is 0.542. The monoisotopic (exact) mass is 358 g/mol. The minimum absolute atomic E-state index is 0.211. The molecular weight excluding hydrogens is 320 g/mol. The molecule has 0 saturated heterocycles. The van der Waals surface area contributed by atoms with Crippen molar-refractivity contribution < 1.29 is 9.90 Å². The highest BCUT2D eigenvalue weighted by Gasteiger charge is 1.94. The smallest absolute Gasteiger partial charge is 0.303 e. The Bertz CT molecular complexity index is 480. The van der Waals surface area contributed by atoms with E-state index in [1.165, 1.54) is 25.7 Å². The van der Waals surface area contributed by atoms with E-state index >= 15 is 0 Å². The molecule has 0 heterocycles. The fourth-order valence-electron chi connectivity index (χ4n) is 2.37. The Morgan fingerprint density at radius 2 is 1.35 bits per heavy atom. The van der Waals surface area contributed by atoms with Crippen LogP contribution >= 0.6 is 0 Å². The van der Waals surface area contributed by atoms with Crippen LogP contribution in [0.15, 0.2) is 60.8 Å². The second kappa shape index (κ2) is 18.0. The number of carboxylic acid groups (broad SMARTS) is 1. The van der Waals surface area contributed by atoms with E-state index in [2.05, 4.69) is 75.5 Å². The molecule has 26 heavy (non-hydrogen) atoms. The molecular formula is C24H38O2. The van der Waals surface area contributed by atoms with Gasteiger partial charge < -0.3 is 5.11 Å². The average molecular weight is 359 g/mol. The van der Waals surface area contributed by atoms with Gasteiger partial charge in [-0.2, -0.15) is 0 Å². The molecule has 1 N–H and O–H groups in total. The molecule has 0 spiro atoms. The van der Waals surface area contributed by atoms with Crippen molar-refractivity contribution in [2.75, 3.05) is 0 Å². The molecule has 0 fully saturated rings. The summed E-state index contributed by atoms with van der Waals surface area (Å²) in [5.41, 5.74) is 0. The molecule has 0 aliphatic rings. The molecule has 0 amide bonds. The molecule has 0 aromatic rings. The van der Waals surface area contributed by atoms with Crippen molar-refractivity contribution in [2.24, 2.45) is 11.8 Å². The Balaban J connectivity index is 3.86. The lowest BCUT2D eigenvalue weighted by Gasteiger charge is -2.00. The number of hydrogen-bond acceptors (Lipinski definition) is 1. The van der Waals surface area contributed by atoms with Gasteiger partial charge in [0.15, 0.2) is 0 Å². The zero-order chi connectivity index (χ0) is 19.5. The molecule has 0 saturated carbocycles. The molecule has 2 heteroatoms. The summed E-state index contributed by atoms with van der Waals surface area (Å²) in [6.45, 7) is 6.65. The summed E-state index contributed by atoms with van der Waals surface area (Å²) >= 11 is 0. The van der Waals surface area contributed by atoms with Crippen molar-refractivity contribution in [3.63, 3.8) is 0 Å². The second-order valence-electron chi connectivity index (χ2n) is 6.95. The van der Waals surface area contributed by atoms with Crippen LogP contribution in [0.4, 0.5) is 0 Å². The van der Waals surface area contributed by atoms with Crippen molar-refractivity contribution in [3.8, 4) is 0 Å². The summed E-state index contributed by atoms with van der Waals surface area (Å²) < 4.78 is 0. The number of carboxylic acids is 1. The summed E-state index contributed by atoms with van der Waals surface area (Å²) in [6.07, 6.45) is 29.4. The zero-order valence-electron chi connectivity index (χ0n) is 16.9. The molecule has 0 aliphatic carbocycles. The molecule has 0 bridgehead atoms. The van der Waals surface area contributed by atoms with E-state index in [4.69, 9.17) is 5.11 Å². The first-order valence-corrected chi connectivity index (χ1v) is 10.1. The van der Waals surface area contributed by atoms with E-state index in [0.29, 0.717) is 18.3 Å². The maximum atomic E-state index is 10.4. The maximum absolute atomic E-state index is 10.4. The average Bonchev–Trinajstić information content (AvgIpc) is 2.60. The maximum Gasteiger partial charge on any atom is 0.303 e. The molecule has 2 nitrogen and oxygen atoms in total. The number of rotatable bonds is 15. The van der Waals surface area contributed by atoms with E-state index in [-0.39, 0.29) is 6.42 Å². The van der Waals surface area contributed by atoms with Gasteiger partial charge in [-0.3, -0.25) is 4.79 Å². The normalized spacial score (nSPS) is 15.2. The number of unbranched alkanes of at least 4 members (excludes halogenated alkanes) is 3. The van der Waals surface area contributed by atoms with Crippen LogP contribution in [0.5, 0.6) is 0 Å². The predicted octanol–water partition coefficient (Wildman–Crippen LogP) is 7.26. The lowest BCUT2D eigenvalue weighted by atomic mass is 10.1. The Morgan fingerprint density at radius 3 is 1.85 bits per heavy atom. The van der Waals surface area contributed by atoms with Crippen LogP contribution in [0, 0.1) is 11.8 Å². The van der Waals surface area contributed by atoms with Gasteiger partial charge in [0.2, 0.25) is 0 Å². The summed E-state index contributed by atoms with van der Waals surface area (Å²) in [4.78, 5) is 10.4. The van der Waals surface area contributed by atoms with Gasteiger partial charge in [0, 0.05) is 6.42 Å². The molecule has 0 aromatic carbocycles. The molecule has 2 atom stereocenters. The summed E-state index contributed by atoms with van der Waals surface area (Å²) in [5, 5.41) is 8.56. The van der Waals surface area contributed by atoms with E-state index in [1.54, 1.807) is 0 Å². The summed E-state index contributed by atoms with van der Waals surface area (Å²) in [7, 11) is 0. The first-order valence-electron chi connectivity index (χ1n) is 10.1. The quantitative estimate of drug-likeness (QED) is 0.190. The summed E-state index contributed by atoms with van der Waals surface area (Å²) in [5.74, 6) is 0.292. The second-order valence-corrected chi connectivity index (χ2v) is 6.95. The van der Waals surface area contributed by atoms with Crippen molar-refractivity contribution in [3.05, 3.63) is 60.8 Å². The molecule has 0 aliphatic heterocycles. The Hall–Kier alpha value is -1.83. The first kappa shape index (κ1) is 24.2. The number of aliphatic carboxylic acids is 1. The molecule has 0 radical (unpaired) electrons. The minimum atomic E-state index is -0.738. The number of carbonyl (C=O) groups is 1. The molecule has 146 valence electrons. The first-order chi connectivity index (χ1) is 12.6. The molecule has 0 rings (SSSR count). The van der Waals surface area contributed by atoms with Gasteiger partial charge in [-0.15, -0.1) is 0 Å². The largest absolute Gasteiger partial charge is 0.481 e. The minimum Gasteiger partial charge on any atom is -0.481 e. The topological polar surface area (TPSA) is 37.3 Å². The van der Waals surface area contributed by atoms with Crippen LogP contribution in [0.25, 0.3) is 0 Å². The van der Waals surface area contributed by atoms with E-state index < -0.39 is 5.97 Å². The van der Waals surface area contributed by atoms with Gasteiger partial charge in [0.05, 0.1) is 0 Å². The van der Waals surface area contributed by atoms with Gasteiger partial charge in [-0.25, -0.2) is 0 Å². The highest BCUT2D eigenvalue weighted by atomic mass is 16.4. The van der Waals surface area contributed by atoms with Crippen LogP contribution in [-0.4, -0.2) is 11.1 Å². The number of hydrogen-bond donors (Lipinski definition) is 1. The predicted molar refractivity (Wildman–Crippen MR) is 114 cm³/mol. The third kappa shape index (κ3) is 18.5. The van der Waals surface area contributed by atoms with Crippen LogP contribution in [0.1, 0.15) is 72.1 Å². The van der Waals surface area contributed by atoms with Crippen LogP contribution in [0.2, 0.25) is 0 Å². The van der Waals surface area contributed by atoms with Crippen LogP contribution < -0.4 is 0 Å². The fourth-order valence-corrected chi connectivity index (χ4v) is 2.37. The highest BCUT2D eigenvalue weighted by Crippen LogP contribution is 2.08.